The molecule has 8 heteroatoms. The number of aromatic nitrogens is 3. The number of fused-ring (bicyclic) bond motifs is 1. The Balaban J connectivity index is 1.75. The van der Waals surface area contributed by atoms with E-state index in [4.69, 9.17) is 4.74 Å². The van der Waals surface area contributed by atoms with Gasteiger partial charge in [-0.2, -0.15) is 0 Å². The van der Waals surface area contributed by atoms with Crippen molar-refractivity contribution in [3.63, 3.8) is 0 Å². The number of hydrogen-bond donors (Lipinski definition) is 0. The number of benzene rings is 2. The topological polar surface area (TPSA) is 78.5 Å². The number of amides is 1. The predicted molar refractivity (Wildman–Crippen MR) is 110 cm³/mol. The fraction of sp³-hybridized carbons (Fsp3) is 0.227. The van der Waals surface area contributed by atoms with E-state index in [1.807, 2.05) is 42.5 Å². The standard InChI is InChI=1S/C22H20N4O4/c1-2-30-22(29)24-18-14-13-17(19(24)15-9-5-3-6-10-15)25-20(27)23(21(28)26(18)25)16-11-7-4-8-12-16/h3-14,17-19H,2H2,1H3. The van der Waals surface area contributed by atoms with Crippen molar-refractivity contribution in [3.05, 3.63) is 99.3 Å². The van der Waals surface area contributed by atoms with Gasteiger partial charge in [0.2, 0.25) is 0 Å². The first kappa shape index (κ1) is 18.2. The van der Waals surface area contributed by atoms with Gasteiger partial charge in [-0.1, -0.05) is 54.6 Å². The maximum atomic E-state index is 13.3. The molecule has 0 N–H and O–H groups in total. The molecule has 4 heterocycles. The van der Waals surface area contributed by atoms with Crippen molar-refractivity contribution in [2.24, 2.45) is 0 Å². The predicted octanol–water partition coefficient (Wildman–Crippen LogP) is 2.62. The lowest BCUT2D eigenvalue weighted by Gasteiger charge is -2.47. The van der Waals surface area contributed by atoms with Crippen molar-refractivity contribution in [2.75, 3.05) is 6.61 Å². The average molecular weight is 404 g/mol. The Morgan fingerprint density at radius 3 is 2.20 bits per heavy atom. The molecule has 6 rings (SSSR count). The maximum Gasteiger partial charge on any atom is 0.412 e. The molecule has 1 amide bonds. The van der Waals surface area contributed by atoms with E-state index in [0.29, 0.717) is 5.69 Å². The molecule has 3 aliphatic rings. The molecule has 0 saturated carbocycles. The molecule has 2 bridgehead atoms. The van der Waals surface area contributed by atoms with Crippen molar-refractivity contribution in [3.8, 4) is 5.69 Å². The number of carbonyl (C=O) groups is 1. The molecule has 0 radical (unpaired) electrons. The minimum Gasteiger partial charge on any atom is -0.450 e. The van der Waals surface area contributed by atoms with Crippen molar-refractivity contribution < 1.29 is 9.53 Å². The zero-order valence-electron chi connectivity index (χ0n) is 16.3. The summed E-state index contributed by atoms with van der Waals surface area (Å²) in [5.41, 5.74) is 0.421. The lowest BCUT2D eigenvalue weighted by molar-refractivity contribution is 0.00364. The van der Waals surface area contributed by atoms with Gasteiger partial charge in [-0.3, -0.25) is 4.90 Å². The second-order valence-electron chi connectivity index (χ2n) is 7.18. The van der Waals surface area contributed by atoms with Crippen LogP contribution in [0.1, 0.15) is 30.7 Å². The summed E-state index contributed by atoms with van der Waals surface area (Å²) in [6.45, 7) is 1.95. The molecule has 0 aliphatic carbocycles. The molecule has 3 atom stereocenters. The molecule has 3 aromatic rings. The third-order valence-electron chi connectivity index (χ3n) is 5.56. The molecule has 3 unspecified atom stereocenters. The Bertz CT molecular complexity index is 1240. The number of carbonyl (C=O) groups excluding carboxylic acids is 1. The molecule has 2 aromatic carbocycles. The van der Waals surface area contributed by atoms with Gasteiger partial charge in [-0.15, -0.1) is 0 Å². The van der Waals surface area contributed by atoms with Crippen molar-refractivity contribution in [1.82, 2.24) is 18.8 Å². The smallest absolute Gasteiger partial charge is 0.412 e. The highest BCUT2D eigenvalue weighted by molar-refractivity contribution is 5.69. The summed E-state index contributed by atoms with van der Waals surface area (Å²) >= 11 is 0. The molecule has 0 spiro atoms. The summed E-state index contributed by atoms with van der Waals surface area (Å²) in [5, 5.41) is 0. The highest BCUT2D eigenvalue weighted by Crippen LogP contribution is 2.44. The van der Waals surface area contributed by atoms with Gasteiger partial charge in [0, 0.05) is 0 Å². The first-order valence-electron chi connectivity index (χ1n) is 9.83. The number of para-hydroxylation sites is 1. The minimum absolute atomic E-state index is 0.213. The van der Waals surface area contributed by atoms with E-state index in [-0.39, 0.29) is 6.61 Å². The van der Waals surface area contributed by atoms with E-state index in [9.17, 15) is 14.4 Å². The zero-order valence-corrected chi connectivity index (χ0v) is 16.3. The van der Waals surface area contributed by atoms with Crippen LogP contribution in [0.3, 0.4) is 0 Å². The van der Waals surface area contributed by atoms with Crippen LogP contribution >= 0.6 is 0 Å². The molecular weight excluding hydrogens is 384 g/mol. The van der Waals surface area contributed by atoms with E-state index in [1.165, 1.54) is 9.36 Å². The molecule has 1 aromatic heterocycles. The van der Waals surface area contributed by atoms with Crippen LogP contribution in [-0.4, -0.2) is 31.5 Å². The lowest BCUT2D eigenvalue weighted by Crippen LogP contribution is -2.55. The van der Waals surface area contributed by atoms with Gasteiger partial charge < -0.3 is 4.74 Å². The zero-order chi connectivity index (χ0) is 20.8. The van der Waals surface area contributed by atoms with E-state index >= 15 is 0 Å². The number of hydrogen-bond acceptors (Lipinski definition) is 4. The van der Waals surface area contributed by atoms with Crippen LogP contribution < -0.4 is 11.4 Å². The Hall–Kier alpha value is -3.81. The van der Waals surface area contributed by atoms with E-state index < -0.39 is 35.7 Å². The maximum absolute atomic E-state index is 13.3. The second-order valence-corrected chi connectivity index (χ2v) is 7.18. The van der Waals surface area contributed by atoms with Crippen LogP contribution in [-0.2, 0) is 4.74 Å². The Morgan fingerprint density at radius 2 is 1.53 bits per heavy atom. The van der Waals surface area contributed by atoms with Crippen molar-refractivity contribution >= 4 is 6.09 Å². The van der Waals surface area contributed by atoms with Crippen LogP contribution in [0.2, 0.25) is 0 Å². The van der Waals surface area contributed by atoms with Gasteiger partial charge in [0.05, 0.1) is 24.4 Å². The van der Waals surface area contributed by atoms with Gasteiger partial charge in [0.25, 0.3) is 0 Å². The first-order valence-corrected chi connectivity index (χ1v) is 9.83. The van der Waals surface area contributed by atoms with Crippen LogP contribution in [0.25, 0.3) is 5.69 Å². The molecular formula is C22H20N4O4. The van der Waals surface area contributed by atoms with Gasteiger partial charge >= 0.3 is 17.5 Å². The number of ether oxygens (including phenoxy) is 1. The highest BCUT2D eigenvalue weighted by Gasteiger charge is 2.48. The number of nitrogens with zero attached hydrogens (tertiary/aromatic N) is 4. The molecule has 3 aliphatic heterocycles. The molecule has 8 nitrogen and oxygen atoms in total. The normalized spacial score (nSPS) is 21.5. The fourth-order valence-electron chi connectivity index (χ4n) is 4.36. The third kappa shape index (κ3) is 2.50. The summed E-state index contributed by atoms with van der Waals surface area (Å²) in [5.74, 6) is 0. The van der Waals surface area contributed by atoms with E-state index in [0.717, 1.165) is 10.1 Å². The molecule has 0 saturated heterocycles. The van der Waals surface area contributed by atoms with Crippen LogP contribution in [0.5, 0.6) is 0 Å². The Labute approximate surface area is 171 Å². The molecule has 0 fully saturated rings. The molecule has 152 valence electrons. The van der Waals surface area contributed by atoms with Gasteiger partial charge in [0.15, 0.2) is 6.17 Å². The van der Waals surface area contributed by atoms with Gasteiger partial charge in [-0.05, 0) is 30.7 Å². The summed E-state index contributed by atoms with van der Waals surface area (Å²) < 4.78 is 9.24. The van der Waals surface area contributed by atoms with Gasteiger partial charge in [0.1, 0.15) is 0 Å². The highest BCUT2D eigenvalue weighted by atomic mass is 16.6. The largest absolute Gasteiger partial charge is 0.450 e. The van der Waals surface area contributed by atoms with Crippen molar-refractivity contribution in [2.45, 2.75) is 25.2 Å². The van der Waals surface area contributed by atoms with E-state index in [1.54, 1.807) is 42.2 Å². The average Bonchev–Trinajstić information content (AvgIpc) is 3.07. The van der Waals surface area contributed by atoms with Crippen LogP contribution in [0.15, 0.2) is 82.4 Å². The summed E-state index contributed by atoms with van der Waals surface area (Å²) in [6, 6.07) is 17.3. The monoisotopic (exact) mass is 404 g/mol. The third-order valence-corrected chi connectivity index (χ3v) is 5.56. The summed E-state index contributed by atoms with van der Waals surface area (Å²) in [4.78, 5) is 41.1. The summed E-state index contributed by atoms with van der Waals surface area (Å²) in [7, 11) is 0. The quantitative estimate of drug-likeness (QED) is 0.629. The Kier molecular flexibility index (Phi) is 4.20. The van der Waals surface area contributed by atoms with Crippen molar-refractivity contribution in [1.29, 1.82) is 0 Å². The van der Waals surface area contributed by atoms with Crippen LogP contribution in [0, 0.1) is 0 Å². The number of rotatable bonds is 3. The fourth-order valence-corrected chi connectivity index (χ4v) is 4.36. The van der Waals surface area contributed by atoms with Crippen LogP contribution in [0.4, 0.5) is 4.79 Å². The first-order chi connectivity index (χ1) is 14.6. The van der Waals surface area contributed by atoms with E-state index in [2.05, 4.69) is 0 Å². The molecule has 30 heavy (non-hydrogen) atoms. The summed E-state index contributed by atoms with van der Waals surface area (Å²) in [6.07, 6.45) is 2.37. The Morgan fingerprint density at radius 1 is 0.900 bits per heavy atom. The second kappa shape index (κ2) is 6.91. The lowest BCUT2D eigenvalue weighted by atomic mass is 9.92. The van der Waals surface area contributed by atoms with Gasteiger partial charge in [-0.25, -0.2) is 28.3 Å². The SMILES string of the molecule is CCOC(=O)N1C(c2ccccc2)C2C=CC1n1c(=O)n(-c3ccccc3)c(=O)n12. The minimum atomic E-state index is -0.760.